The largest absolute Gasteiger partial charge is 0.394 e. The third kappa shape index (κ3) is 4.83. The molecule has 6 atom stereocenters. The SMILES string of the molecule is CNC(=O)[C@H]1[C@H]2C(=O)N([C@@H](CO)CC(C)C)[C@H](C(=O)Nc3cc(C)ccc3C)[C@H]2C=C[C@H]1C. The van der Waals surface area contributed by atoms with Crippen LogP contribution in [0.25, 0.3) is 0 Å². The summed E-state index contributed by atoms with van der Waals surface area (Å²) in [5, 5.41) is 15.9. The number of aliphatic hydroxyl groups excluding tert-OH is 1. The summed E-state index contributed by atoms with van der Waals surface area (Å²) < 4.78 is 0. The van der Waals surface area contributed by atoms with Gasteiger partial charge in [0.1, 0.15) is 6.04 Å². The van der Waals surface area contributed by atoms with Crippen molar-refractivity contribution in [2.75, 3.05) is 19.0 Å². The number of likely N-dealkylation sites (tertiary alicyclic amines) is 1. The molecule has 1 aliphatic heterocycles. The number of anilines is 1. The molecule has 7 nitrogen and oxygen atoms in total. The van der Waals surface area contributed by atoms with Crippen LogP contribution in [0.1, 0.15) is 38.3 Å². The molecule has 0 spiro atoms. The summed E-state index contributed by atoms with van der Waals surface area (Å²) in [6, 6.07) is 4.55. The number of amides is 3. The van der Waals surface area contributed by atoms with Crippen LogP contribution in [-0.4, -0.2) is 53.5 Å². The zero-order valence-electron chi connectivity index (χ0n) is 20.5. The summed E-state index contributed by atoms with van der Waals surface area (Å²) in [4.78, 5) is 41.8. The highest BCUT2D eigenvalue weighted by molar-refractivity contribution is 6.02. The number of allylic oxidation sites excluding steroid dienone is 1. The second kappa shape index (κ2) is 10.1. The Morgan fingerprint density at radius 2 is 1.85 bits per heavy atom. The molecule has 180 valence electrons. The fourth-order valence-corrected chi connectivity index (χ4v) is 5.40. The van der Waals surface area contributed by atoms with Gasteiger partial charge in [-0.1, -0.05) is 45.1 Å². The van der Waals surface area contributed by atoms with Crippen LogP contribution < -0.4 is 10.6 Å². The number of fused-ring (bicyclic) bond motifs is 1. The monoisotopic (exact) mass is 455 g/mol. The molecule has 7 heteroatoms. The quantitative estimate of drug-likeness (QED) is 0.551. The van der Waals surface area contributed by atoms with E-state index in [4.69, 9.17) is 0 Å². The fourth-order valence-electron chi connectivity index (χ4n) is 5.40. The number of carbonyl (C=O) groups excluding carboxylic acids is 3. The van der Waals surface area contributed by atoms with Gasteiger partial charge in [0.2, 0.25) is 17.7 Å². The average molecular weight is 456 g/mol. The van der Waals surface area contributed by atoms with Gasteiger partial charge in [0.15, 0.2) is 0 Å². The first kappa shape index (κ1) is 25.0. The molecule has 0 saturated carbocycles. The van der Waals surface area contributed by atoms with Gasteiger partial charge in [-0.25, -0.2) is 0 Å². The van der Waals surface area contributed by atoms with Crippen molar-refractivity contribution in [2.24, 2.45) is 29.6 Å². The van der Waals surface area contributed by atoms with E-state index in [-0.39, 0.29) is 36.2 Å². The maximum atomic E-state index is 13.8. The Bertz CT molecular complexity index is 941. The molecule has 2 aliphatic rings. The van der Waals surface area contributed by atoms with Crippen LogP contribution >= 0.6 is 0 Å². The zero-order chi connectivity index (χ0) is 24.4. The molecule has 1 aliphatic carbocycles. The Kier molecular flexibility index (Phi) is 7.62. The molecule has 0 unspecified atom stereocenters. The molecule has 1 aromatic rings. The standard InChI is InChI=1S/C26H37N3O4/c1-14(2)11-18(13-30)29-23(25(32)28-20-12-15(3)7-8-16(20)4)19-10-9-17(5)21(24(31)27-6)22(19)26(29)33/h7-10,12,14,17-19,21-23,30H,11,13H2,1-6H3,(H,27,31)(H,28,32)/t17-,18-,19+,21-,22+,23+/m1/s1. The third-order valence-electron chi connectivity index (χ3n) is 7.03. The van der Waals surface area contributed by atoms with Gasteiger partial charge in [0.05, 0.1) is 24.5 Å². The highest BCUT2D eigenvalue weighted by Crippen LogP contribution is 2.45. The predicted molar refractivity (Wildman–Crippen MR) is 128 cm³/mol. The number of rotatable bonds is 7. The summed E-state index contributed by atoms with van der Waals surface area (Å²) in [5.74, 6) is -2.26. The number of hydrogen-bond acceptors (Lipinski definition) is 4. The number of benzene rings is 1. The molecule has 0 radical (unpaired) electrons. The highest BCUT2D eigenvalue weighted by Gasteiger charge is 2.58. The number of aryl methyl sites for hydroxylation is 2. The minimum atomic E-state index is -0.797. The van der Waals surface area contributed by atoms with E-state index in [1.54, 1.807) is 11.9 Å². The Labute approximate surface area is 196 Å². The van der Waals surface area contributed by atoms with Crippen molar-refractivity contribution in [1.29, 1.82) is 0 Å². The van der Waals surface area contributed by atoms with Gasteiger partial charge >= 0.3 is 0 Å². The lowest BCUT2D eigenvalue weighted by atomic mass is 9.70. The van der Waals surface area contributed by atoms with Crippen LogP contribution in [0, 0.1) is 43.4 Å². The minimum Gasteiger partial charge on any atom is -0.394 e. The van der Waals surface area contributed by atoms with Gasteiger partial charge in [-0.2, -0.15) is 0 Å². The van der Waals surface area contributed by atoms with Crippen LogP contribution in [0.3, 0.4) is 0 Å². The summed E-state index contributed by atoms with van der Waals surface area (Å²) in [7, 11) is 1.57. The third-order valence-corrected chi connectivity index (χ3v) is 7.03. The normalized spacial score (nSPS) is 27.5. The lowest BCUT2D eigenvalue weighted by molar-refractivity contribution is -0.142. The van der Waals surface area contributed by atoms with Gasteiger partial charge in [-0.05, 0) is 49.3 Å². The molecule has 1 heterocycles. The van der Waals surface area contributed by atoms with Crippen LogP contribution in [0.2, 0.25) is 0 Å². The van der Waals surface area contributed by atoms with Gasteiger partial charge in [-0.3, -0.25) is 14.4 Å². The second-order valence-corrected chi connectivity index (χ2v) is 9.95. The fraction of sp³-hybridized carbons (Fsp3) is 0.577. The van der Waals surface area contributed by atoms with Crippen molar-refractivity contribution in [2.45, 2.75) is 53.1 Å². The number of nitrogens with one attached hydrogen (secondary N) is 2. The summed E-state index contributed by atoms with van der Waals surface area (Å²) in [6.45, 7) is 9.62. The van der Waals surface area contributed by atoms with Crippen LogP contribution in [-0.2, 0) is 14.4 Å². The molecule has 0 aromatic heterocycles. The van der Waals surface area contributed by atoms with Gasteiger partial charge in [0.25, 0.3) is 0 Å². The number of carbonyl (C=O) groups is 3. The molecular formula is C26H37N3O4. The Morgan fingerprint density at radius 1 is 1.15 bits per heavy atom. The van der Waals surface area contributed by atoms with Gasteiger partial charge in [-0.15, -0.1) is 0 Å². The maximum absolute atomic E-state index is 13.8. The van der Waals surface area contributed by atoms with Crippen molar-refractivity contribution in [1.82, 2.24) is 10.2 Å². The lowest BCUT2D eigenvalue weighted by Crippen LogP contribution is -2.51. The minimum absolute atomic E-state index is 0.129. The Hall–Kier alpha value is -2.67. The number of aliphatic hydroxyl groups is 1. The molecule has 1 fully saturated rings. The first-order valence-electron chi connectivity index (χ1n) is 11.8. The van der Waals surface area contributed by atoms with E-state index in [0.717, 1.165) is 11.1 Å². The number of hydrogen-bond donors (Lipinski definition) is 3. The molecule has 3 N–H and O–H groups in total. The molecule has 1 aromatic carbocycles. The Balaban J connectivity index is 2.05. The van der Waals surface area contributed by atoms with Crippen molar-refractivity contribution < 1.29 is 19.5 Å². The first-order valence-corrected chi connectivity index (χ1v) is 11.8. The molecule has 3 rings (SSSR count). The summed E-state index contributed by atoms with van der Waals surface area (Å²) >= 11 is 0. The average Bonchev–Trinajstić information content (AvgIpc) is 3.06. The lowest BCUT2D eigenvalue weighted by Gasteiger charge is -2.34. The van der Waals surface area contributed by atoms with E-state index in [1.165, 1.54) is 0 Å². The molecule has 1 saturated heterocycles. The van der Waals surface area contributed by atoms with E-state index < -0.39 is 29.8 Å². The molecular weight excluding hydrogens is 418 g/mol. The second-order valence-electron chi connectivity index (χ2n) is 9.95. The van der Waals surface area contributed by atoms with E-state index >= 15 is 0 Å². The highest BCUT2D eigenvalue weighted by atomic mass is 16.3. The van der Waals surface area contributed by atoms with Crippen molar-refractivity contribution in [3.8, 4) is 0 Å². The van der Waals surface area contributed by atoms with E-state index in [9.17, 15) is 19.5 Å². The molecule has 3 amide bonds. The maximum Gasteiger partial charge on any atom is 0.247 e. The summed E-state index contributed by atoms with van der Waals surface area (Å²) in [6.07, 6.45) is 4.43. The predicted octanol–water partition coefficient (Wildman–Crippen LogP) is 2.66. The molecule has 33 heavy (non-hydrogen) atoms. The van der Waals surface area contributed by atoms with Gasteiger partial charge < -0.3 is 20.6 Å². The van der Waals surface area contributed by atoms with Crippen LogP contribution in [0.5, 0.6) is 0 Å². The molecule has 0 bridgehead atoms. The Morgan fingerprint density at radius 3 is 2.45 bits per heavy atom. The number of nitrogens with zero attached hydrogens (tertiary/aromatic N) is 1. The summed E-state index contributed by atoms with van der Waals surface area (Å²) in [5.41, 5.74) is 2.65. The van der Waals surface area contributed by atoms with Gasteiger partial charge in [0, 0.05) is 18.7 Å². The van der Waals surface area contributed by atoms with E-state index in [0.29, 0.717) is 12.1 Å². The smallest absolute Gasteiger partial charge is 0.247 e. The first-order chi connectivity index (χ1) is 15.6. The van der Waals surface area contributed by atoms with Crippen molar-refractivity contribution >= 4 is 23.4 Å². The van der Waals surface area contributed by atoms with E-state index in [2.05, 4.69) is 10.6 Å². The van der Waals surface area contributed by atoms with Crippen molar-refractivity contribution in [3.63, 3.8) is 0 Å². The van der Waals surface area contributed by atoms with E-state index in [1.807, 2.05) is 65.0 Å². The van der Waals surface area contributed by atoms with Crippen LogP contribution in [0.4, 0.5) is 5.69 Å². The topological polar surface area (TPSA) is 98.7 Å². The van der Waals surface area contributed by atoms with Crippen molar-refractivity contribution in [3.05, 3.63) is 41.5 Å². The van der Waals surface area contributed by atoms with Crippen LogP contribution in [0.15, 0.2) is 30.4 Å². The zero-order valence-corrected chi connectivity index (χ0v) is 20.5.